The third-order valence-electron chi connectivity index (χ3n) is 2.50. The van der Waals surface area contributed by atoms with Crippen LogP contribution >= 0.6 is 0 Å². The van der Waals surface area contributed by atoms with Crippen molar-refractivity contribution in [1.82, 2.24) is 0 Å². The Labute approximate surface area is 93.5 Å². The van der Waals surface area contributed by atoms with Crippen LogP contribution in [0.5, 0.6) is 0 Å². The van der Waals surface area contributed by atoms with Gasteiger partial charge in [-0.1, -0.05) is 13.0 Å². The Balaban J connectivity index is 2.87. The SMILES string of the molecule is CC(CCCN)C(=O)c1c(F)cccc1F. The summed E-state index contributed by atoms with van der Waals surface area (Å²) >= 11 is 0. The maximum absolute atomic E-state index is 13.3. The third kappa shape index (κ3) is 2.85. The van der Waals surface area contributed by atoms with E-state index >= 15 is 0 Å². The molecule has 2 nitrogen and oxygen atoms in total. The first kappa shape index (κ1) is 12.8. The molecule has 1 unspecified atom stereocenters. The van der Waals surface area contributed by atoms with Crippen LogP contribution in [-0.4, -0.2) is 12.3 Å². The van der Waals surface area contributed by atoms with E-state index in [9.17, 15) is 13.6 Å². The van der Waals surface area contributed by atoms with Gasteiger partial charge in [0.15, 0.2) is 5.78 Å². The van der Waals surface area contributed by atoms with Crippen molar-refractivity contribution in [2.24, 2.45) is 11.7 Å². The monoisotopic (exact) mass is 227 g/mol. The number of carbonyl (C=O) groups is 1. The summed E-state index contributed by atoms with van der Waals surface area (Å²) in [6.07, 6.45) is 1.21. The number of Topliss-reactive ketones (excluding diaryl/α,β-unsaturated/α-hetero) is 1. The maximum Gasteiger partial charge on any atom is 0.171 e. The second-order valence-corrected chi connectivity index (χ2v) is 3.79. The van der Waals surface area contributed by atoms with Crippen LogP contribution in [-0.2, 0) is 0 Å². The van der Waals surface area contributed by atoms with Crippen LogP contribution in [0.4, 0.5) is 8.78 Å². The third-order valence-corrected chi connectivity index (χ3v) is 2.50. The van der Waals surface area contributed by atoms with E-state index in [2.05, 4.69) is 0 Å². The number of carbonyl (C=O) groups excluding carboxylic acids is 1. The van der Waals surface area contributed by atoms with E-state index in [1.54, 1.807) is 6.92 Å². The quantitative estimate of drug-likeness (QED) is 0.785. The van der Waals surface area contributed by atoms with Gasteiger partial charge < -0.3 is 5.73 Å². The van der Waals surface area contributed by atoms with Gasteiger partial charge in [-0.3, -0.25) is 4.79 Å². The number of hydrogen-bond acceptors (Lipinski definition) is 2. The average Bonchev–Trinajstić information content (AvgIpc) is 2.25. The van der Waals surface area contributed by atoms with Crippen molar-refractivity contribution >= 4 is 5.78 Å². The largest absolute Gasteiger partial charge is 0.330 e. The molecule has 0 aliphatic carbocycles. The van der Waals surface area contributed by atoms with Crippen molar-refractivity contribution < 1.29 is 13.6 Å². The minimum atomic E-state index is -0.801. The summed E-state index contributed by atoms with van der Waals surface area (Å²) in [5.74, 6) is -2.51. The molecule has 1 aromatic rings. The van der Waals surface area contributed by atoms with Gasteiger partial charge in [0.1, 0.15) is 11.6 Å². The molecule has 88 valence electrons. The van der Waals surface area contributed by atoms with Gasteiger partial charge >= 0.3 is 0 Å². The van der Waals surface area contributed by atoms with Crippen LogP contribution in [0.2, 0.25) is 0 Å². The van der Waals surface area contributed by atoms with Crippen molar-refractivity contribution in [3.05, 3.63) is 35.4 Å². The lowest BCUT2D eigenvalue weighted by atomic mass is 9.94. The Morgan fingerprint density at radius 2 is 1.94 bits per heavy atom. The van der Waals surface area contributed by atoms with Crippen molar-refractivity contribution in [3.8, 4) is 0 Å². The van der Waals surface area contributed by atoms with Crippen LogP contribution in [0, 0.1) is 17.6 Å². The molecule has 1 aromatic carbocycles. The molecule has 0 saturated heterocycles. The van der Waals surface area contributed by atoms with Gasteiger partial charge in [-0.25, -0.2) is 8.78 Å². The predicted octanol–water partition coefficient (Wildman–Crippen LogP) is 2.52. The van der Waals surface area contributed by atoms with Gasteiger partial charge in [-0.15, -0.1) is 0 Å². The van der Waals surface area contributed by atoms with Crippen molar-refractivity contribution in [2.45, 2.75) is 19.8 Å². The van der Waals surface area contributed by atoms with Gasteiger partial charge in [0.2, 0.25) is 0 Å². The molecule has 16 heavy (non-hydrogen) atoms. The Kier molecular flexibility index (Phi) is 4.55. The summed E-state index contributed by atoms with van der Waals surface area (Å²) in [4.78, 5) is 11.8. The summed E-state index contributed by atoms with van der Waals surface area (Å²) in [7, 11) is 0. The van der Waals surface area contributed by atoms with Crippen molar-refractivity contribution in [3.63, 3.8) is 0 Å². The highest BCUT2D eigenvalue weighted by molar-refractivity contribution is 5.98. The molecule has 0 fully saturated rings. The molecule has 0 saturated carbocycles. The minimum absolute atomic E-state index is 0.407. The number of hydrogen-bond donors (Lipinski definition) is 1. The first-order valence-corrected chi connectivity index (χ1v) is 5.26. The van der Waals surface area contributed by atoms with Crippen LogP contribution in [0.3, 0.4) is 0 Å². The number of rotatable bonds is 5. The van der Waals surface area contributed by atoms with Gasteiger partial charge in [-0.2, -0.15) is 0 Å². The molecular weight excluding hydrogens is 212 g/mol. The van der Waals surface area contributed by atoms with E-state index in [-0.39, 0.29) is 0 Å². The zero-order chi connectivity index (χ0) is 12.1. The minimum Gasteiger partial charge on any atom is -0.330 e. The zero-order valence-corrected chi connectivity index (χ0v) is 9.17. The normalized spacial score (nSPS) is 12.5. The van der Waals surface area contributed by atoms with Crippen LogP contribution in [0.25, 0.3) is 0 Å². The topological polar surface area (TPSA) is 43.1 Å². The Morgan fingerprint density at radius 1 is 1.38 bits per heavy atom. The molecule has 0 aliphatic heterocycles. The van der Waals surface area contributed by atoms with E-state index in [4.69, 9.17) is 5.73 Å². The van der Waals surface area contributed by atoms with E-state index in [1.165, 1.54) is 6.07 Å². The van der Waals surface area contributed by atoms with E-state index in [0.717, 1.165) is 12.1 Å². The second-order valence-electron chi connectivity index (χ2n) is 3.79. The number of ketones is 1. The standard InChI is InChI=1S/C12H15F2NO/c1-8(4-3-7-15)12(16)11-9(13)5-2-6-10(11)14/h2,5-6,8H,3-4,7,15H2,1H3. The fraction of sp³-hybridized carbons (Fsp3) is 0.417. The number of benzene rings is 1. The molecule has 2 N–H and O–H groups in total. The molecule has 0 spiro atoms. The predicted molar refractivity (Wildman–Crippen MR) is 58.1 cm³/mol. The number of nitrogens with two attached hydrogens (primary N) is 1. The first-order valence-electron chi connectivity index (χ1n) is 5.26. The lowest BCUT2D eigenvalue weighted by molar-refractivity contribution is 0.0914. The Bertz CT molecular complexity index is 359. The average molecular weight is 227 g/mol. The van der Waals surface area contributed by atoms with E-state index in [0.29, 0.717) is 19.4 Å². The molecule has 0 bridgehead atoms. The van der Waals surface area contributed by atoms with E-state index < -0.39 is 28.9 Å². The van der Waals surface area contributed by atoms with Crippen LogP contribution in [0.1, 0.15) is 30.1 Å². The van der Waals surface area contributed by atoms with Gasteiger partial charge in [0.05, 0.1) is 5.56 Å². The summed E-state index contributed by atoms with van der Waals surface area (Å²) in [6, 6.07) is 3.42. The molecular formula is C12H15F2NO. The zero-order valence-electron chi connectivity index (χ0n) is 9.17. The highest BCUT2D eigenvalue weighted by Crippen LogP contribution is 2.19. The van der Waals surface area contributed by atoms with Gasteiger partial charge in [-0.05, 0) is 31.5 Å². The molecule has 0 heterocycles. The second kappa shape index (κ2) is 5.70. The van der Waals surface area contributed by atoms with Crippen molar-refractivity contribution in [1.29, 1.82) is 0 Å². The summed E-state index contributed by atoms with van der Waals surface area (Å²) in [6.45, 7) is 2.13. The van der Waals surface area contributed by atoms with Crippen LogP contribution in [0.15, 0.2) is 18.2 Å². The molecule has 1 rings (SSSR count). The fourth-order valence-electron chi connectivity index (χ4n) is 1.53. The Hall–Kier alpha value is -1.29. The first-order chi connectivity index (χ1) is 7.57. The van der Waals surface area contributed by atoms with Crippen LogP contribution < -0.4 is 5.73 Å². The lowest BCUT2D eigenvalue weighted by Gasteiger charge is -2.10. The maximum atomic E-state index is 13.3. The highest BCUT2D eigenvalue weighted by atomic mass is 19.1. The van der Waals surface area contributed by atoms with E-state index in [1.807, 2.05) is 0 Å². The highest BCUT2D eigenvalue weighted by Gasteiger charge is 2.21. The molecule has 4 heteroatoms. The summed E-state index contributed by atoms with van der Waals surface area (Å²) in [5, 5.41) is 0. The molecule has 0 aliphatic rings. The lowest BCUT2D eigenvalue weighted by Crippen LogP contribution is -2.16. The van der Waals surface area contributed by atoms with Crippen molar-refractivity contribution in [2.75, 3.05) is 6.54 Å². The van der Waals surface area contributed by atoms with Gasteiger partial charge in [0, 0.05) is 5.92 Å². The summed E-state index contributed by atoms with van der Waals surface area (Å²) in [5.41, 5.74) is 4.88. The fourth-order valence-corrected chi connectivity index (χ4v) is 1.53. The van der Waals surface area contributed by atoms with Gasteiger partial charge in [0.25, 0.3) is 0 Å². The molecule has 0 amide bonds. The molecule has 1 atom stereocenters. The smallest absolute Gasteiger partial charge is 0.171 e. The Morgan fingerprint density at radius 3 is 2.44 bits per heavy atom. The number of halogens is 2. The molecule has 0 aromatic heterocycles. The molecule has 0 radical (unpaired) electrons. The summed E-state index contributed by atoms with van der Waals surface area (Å²) < 4.78 is 26.6.